The highest BCUT2D eigenvalue weighted by atomic mass is 16.3. The molecule has 1 fully saturated rings. The van der Waals surface area contributed by atoms with Crippen LogP contribution in [0.15, 0.2) is 47.1 Å². The number of furan rings is 1. The third kappa shape index (κ3) is 4.26. The molecule has 130 valence electrons. The molecular formula is C18H19N3O4. The molecule has 0 aliphatic carbocycles. The van der Waals surface area contributed by atoms with Crippen molar-refractivity contribution in [3.05, 3.63) is 48.4 Å². The van der Waals surface area contributed by atoms with Crippen LogP contribution in [0, 0.1) is 5.92 Å². The first-order valence-electron chi connectivity index (χ1n) is 8.00. The normalized spacial score (nSPS) is 16.8. The minimum atomic E-state index is -0.391. The number of carbonyl (C=O) groups excluding carboxylic acids is 3. The van der Waals surface area contributed by atoms with Gasteiger partial charge in [-0.25, -0.2) is 0 Å². The number of amides is 3. The molecule has 1 aromatic heterocycles. The molecule has 1 saturated heterocycles. The predicted octanol–water partition coefficient (Wildman–Crippen LogP) is 2.23. The molecule has 0 radical (unpaired) electrons. The Morgan fingerprint density at radius 1 is 1.16 bits per heavy atom. The second kappa shape index (κ2) is 7.21. The Labute approximate surface area is 145 Å². The Morgan fingerprint density at radius 2 is 1.84 bits per heavy atom. The van der Waals surface area contributed by atoms with Gasteiger partial charge in [0.2, 0.25) is 17.7 Å². The van der Waals surface area contributed by atoms with Gasteiger partial charge in [-0.3, -0.25) is 14.4 Å². The number of nitrogens with zero attached hydrogens (tertiary/aromatic N) is 1. The van der Waals surface area contributed by atoms with Gasteiger partial charge in [-0.15, -0.1) is 0 Å². The molecule has 7 heteroatoms. The van der Waals surface area contributed by atoms with E-state index in [0.717, 1.165) is 0 Å². The summed E-state index contributed by atoms with van der Waals surface area (Å²) in [7, 11) is 0. The van der Waals surface area contributed by atoms with E-state index in [4.69, 9.17) is 4.42 Å². The molecule has 25 heavy (non-hydrogen) atoms. The quantitative estimate of drug-likeness (QED) is 0.872. The molecular weight excluding hydrogens is 322 g/mol. The summed E-state index contributed by atoms with van der Waals surface area (Å²) < 4.78 is 5.25. The topological polar surface area (TPSA) is 91.7 Å². The van der Waals surface area contributed by atoms with Crippen LogP contribution in [0.4, 0.5) is 11.4 Å². The van der Waals surface area contributed by atoms with Gasteiger partial charge >= 0.3 is 0 Å². The molecule has 0 unspecified atom stereocenters. The largest absolute Gasteiger partial charge is 0.467 e. The van der Waals surface area contributed by atoms with Crippen molar-refractivity contribution in [2.45, 2.75) is 19.9 Å². The number of likely N-dealkylation sites (tertiary alicyclic amines) is 1. The van der Waals surface area contributed by atoms with E-state index in [0.29, 0.717) is 30.2 Å². The van der Waals surface area contributed by atoms with Crippen LogP contribution in [0.5, 0.6) is 0 Å². The fourth-order valence-corrected chi connectivity index (χ4v) is 2.78. The number of hydrogen-bond acceptors (Lipinski definition) is 4. The van der Waals surface area contributed by atoms with Gasteiger partial charge in [0, 0.05) is 31.3 Å². The number of nitrogens with one attached hydrogen (secondary N) is 2. The van der Waals surface area contributed by atoms with Gasteiger partial charge in [0.25, 0.3) is 0 Å². The number of hydrogen-bond donors (Lipinski definition) is 2. The van der Waals surface area contributed by atoms with Gasteiger partial charge in [0.1, 0.15) is 5.76 Å². The van der Waals surface area contributed by atoms with E-state index < -0.39 is 5.92 Å². The second-order valence-corrected chi connectivity index (χ2v) is 6.00. The van der Waals surface area contributed by atoms with Gasteiger partial charge < -0.3 is 20.0 Å². The average Bonchev–Trinajstić information content (AvgIpc) is 3.20. The van der Waals surface area contributed by atoms with E-state index in [1.54, 1.807) is 47.6 Å². The zero-order valence-corrected chi connectivity index (χ0v) is 13.8. The fourth-order valence-electron chi connectivity index (χ4n) is 2.78. The van der Waals surface area contributed by atoms with Crippen LogP contribution in [0.3, 0.4) is 0 Å². The Balaban J connectivity index is 1.56. The van der Waals surface area contributed by atoms with Gasteiger partial charge in [-0.2, -0.15) is 0 Å². The van der Waals surface area contributed by atoms with Crippen molar-refractivity contribution in [3.63, 3.8) is 0 Å². The molecule has 1 aliphatic rings. The summed E-state index contributed by atoms with van der Waals surface area (Å²) in [6, 6.07) is 10.4. The summed E-state index contributed by atoms with van der Waals surface area (Å²) in [4.78, 5) is 37.1. The Morgan fingerprint density at radius 3 is 2.44 bits per heavy atom. The molecule has 2 heterocycles. The molecule has 1 atom stereocenters. The molecule has 2 aromatic rings. The number of anilines is 2. The minimum Gasteiger partial charge on any atom is -0.467 e. The van der Waals surface area contributed by atoms with Crippen LogP contribution in [0.2, 0.25) is 0 Å². The zero-order valence-electron chi connectivity index (χ0n) is 13.8. The number of rotatable bonds is 5. The maximum atomic E-state index is 12.4. The molecule has 0 bridgehead atoms. The standard InChI is InChI=1S/C18H19N3O4/c1-12(22)19-14-4-6-15(7-5-14)20-18(24)13-9-17(23)21(10-13)11-16-3-2-8-25-16/h2-8,13H,9-11H2,1H3,(H,19,22)(H,20,24)/t13-/m1/s1. The lowest BCUT2D eigenvalue weighted by Crippen LogP contribution is -2.27. The lowest BCUT2D eigenvalue weighted by atomic mass is 10.1. The predicted molar refractivity (Wildman–Crippen MR) is 91.6 cm³/mol. The van der Waals surface area contributed by atoms with Crippen molar-refractivity contribution in [2.75, 3.05) is 17.2 Å². The first-order valence-corrected chi connectivity index (χ1v) is 8.00. The van der Waals surface area contributed by atoms with Crippen molar-refractivity contribution in [2.24, 2.45) is 5.92 Å². The zero-order chi connectivity index (χ0) is 17.8. The van der Waals surface area contributed by atoms with E-state index in [2.05, 4.69) is 10.6 Å². The first kappa shape index (κ1) is 16.8. The summed E-state index contributed by atoms with van der Waals surface area (Å²) in [6.07, 6.45) is 1.75. The van der Waals surface area contributed by atoms with Crippen molar-refractivity contribution < 1.29 is 18.8 Å². The number of carbonyl (C=O) groups is 3. The van der Waals surface area contributed by atoms with E-state index in [1.807, 2.05) is 0 Å². The second-order valence-electron chi connectivity index (χ2n) is 6.00. The average molecular weight is 341 g/mol. The molecule has 2 N–H and O–H groups in total. The Bertz CT molecular complexity index is 768. The highest BCUT2D eigenvalue weighted by Crippen LogP contribution is 2.22. The van der Waals surface area contributed by atoms with Gasteiger partial charge in [0.05, 0.1) is 18.7 Å². The summed E-state index contributed by atoms with van der Waals surface area (Å²) in [5.41, 5.74) is 1.28. The molecule has 1 aliphatic heterocycles. The first-order chi connectivity index (χ1) is 12.0. The fraction of sp³-hybridized carbons (Fsp3) is 0.278. The van der Waals surface area contributed by atoms with E-state index in [-0.39, 0.29) is 24.1 Å². The molecule has 0 spiro atoms. The SMILES string of the molecule is CC(=O)Nc1ccc(NC(=O)[C@@H]2CC(=O)N(Cc3ccco3)C2)cc1. The van der Waals surface area contributed by atoms with Crippen LogP contribution in [-0.4, -0.2) is 29.2 Å². The lowest BCUT2D eigenvalue weighted by Gasteiger charge is -2.15. The van der Waals surface area contributed by atoms with Crippen LogP contribution in [0.25, 0.3) is 0 Å². The minimum absolute atomic E-state index is 0.0578. The smallest absolute Gasteiger partial charge is 0.229 e. The molecule has 0 saturated carbocycles. The van der Waals surface area contributed by atoms with Gasteiger partial charge in [-0.05, 0) is 36.4 Å². The van der Waals surface area contributed by atoms with E-state index in [1.165, 1.54) is 6.92 Å². The molecule has 3 amide bonds. The van der Waals surface area contributed by atoms with Crippen molar-refractivity contribution >= 4 is 29.1 Å². The van der Waals surface area contributed by atoms with E-state index in [9.17, 15) is 14.4 Å². The van der Waals surface area contributed by atoms with Gasteiger partial charge in [0.15, 0.2) is 0 Å². The third-order valence-corrected chi connectivity index (χ3v) is 3.98. The highest BCUT2D eigenvalue weighted by Gasteiger charge is 2.34. The van der Waals surface area contributed by atoms with Gasteiger partial charge in [-0.1, -0.05) is 0 Å². The van der Waals surface area contributed by atoms with Crippen LogP contribution >= 0.6 is 0 Å². The Kier molecular flexibility index (Phi) is 4.83. The highest BCUT2D eigenvalue weighted by molar-refractivity contribution is 5.97. The van der Waals surface area contributed by atoms with Crippen molar-refractivity contribution in [1.29, 1.82) is 0 Å². The number of benzene rings is 1. The maximum Gasteiger partial charge on any atom is 0.229 e. The van der Waals surface area contributed by atoms with Crippen molar-refractivity contribution in [1.82, 2.24) is 4.90 Å². The summed E-state index contributed by atoms with van der Waals surface area (Å²) in [6.45, 7) is 2.18. The summed E-state index contributed by atoms with van der Waals surface area (Å²) in [5.74, 6) is -0.0986. The Hall–Kier alpha value is -3.09. The maximum absolute atomic E-state index is 12.4. The summed E-state index contributed by atoms with van der Waals surface area (Å²) >= 11 is 0. The monoisotopic (exact) mass is 341 g/mol. The van der Waals surface area contributed by atoms with Crippen LogP contribution in [-0.2, 0) is 20.9 Å². The summed E-state index contributed by atoms with van der Waals surface area (Å²) in [5, 5.41) is 5.47. The van der Waals surface area contributed by atoms with Crippen LogP contribution in [0.1, 0.15) is 19.1 Å². The molecule has 1 aromatic carbocycles. The molecule has 7 nitrogen and oxygen atoms in total. The molecule has 3 rings (SSSR count). The van der Waals surface area contributed by atoms with Crippen molar-refractivity contribution in [3.8, 4) is 0 Å². The lowest BCUT2D eigenvalue weighted by molar-refractivity contribution is -0.128. The van der Waals surface area contributed by atoms with E-state index >= 15 is 0 Å². The third-order valence-electron chi connectivity index (χ3n) is 3.98. The van der Waals surface area contributed by atoms with Crippen LogP contribution < -0.4 is 10.6 Å².